The van der Waals surface area contributed by atoms with Gasteiger partial charge in [-0.05, 0) is 62.2 Å². The van der Waals surface area contributed by atoms with Crippen LogP contribution in [-0.2, 0) is 16.9 Å². The summed E-state index contributed by atoms with van der Waals surface area (Å²) < 4.78 is 5.42. The van der Waals surface area contributed by atoms with Gasteiger partial charge in [0.2, 0.25) is 0 Å². The van der Waals surface area contributed by atoms with Crippen molar-refractivity contribution in [2.75, 3.05) is 11.5 Å². The first kappa shape index (κ1) is 21.8. The van der Waals surface area contributed by atoms with E-state index in [9.17, 15) is 14.7 Å². The zero-order valence-corrected chi connectivity index (χ0v) is 18.6. The molecule has 32 heavy (non-hydrogen) atoms. The number of aliphatic hydroxyl groups is 1. The Balaban J connectivity index is 1.63. The number of benzene rings is 3. The Hall–Kier alpha value is -3.44. The molecule has 0 bridgehead atoms. The van der Waals surface area contributed by atoms with Crippen molar-refractivity contribution in [3.8, 4) is 5.75 Å². The highest BCUT2D eigenvalue weighted by Crippen LogP contribution is 2.43. The van der Waals surface area contributed by atoms with Crippen molar-refractivity contribution in [3.63, 3.8) is 0 Å². The number of hydrogen-bond donors (Lipinski definition) is 1. The molecule has 0 aromatic heterocycles. The SMILES string of the molecule is CCOc1ccc(C(=O)C[C@@]2(O)C(=O)N(Cc3ccc(C)cc3C)c3ccccc32)cc1. The second-order valence-corrected chi connectivity index (χ2v) is 8.26. The molecule has 1 atom stereocenters. The number of fused-ring (bicyclic) bond motifs is 1. The summed E-state index contributed by atoms with van der Waals surface area (Å²) in [7, 11) is 0. The van der Waals surface area contributed by atoms with Crippen LogP contribution in [0.5, 0.6) is 5.75 Å². The molecule has 1 aliphatic rings. The fraction of sp³-hybridized carbons (Fsp3) is 0.259. The van der Waals surface area contributed by atoms with Gasteiger partial charge in [0.25, 0.3) is 5.91 Å². The number of hydrogen-bond acceptors (Lipinski definition) is 4. The maximum atomic E-state index is 13.5. The Bertz CT molecular complexity index is 1170. The molecule has 1 N–H and O–H groups in total. The summed E-state index contributed by atoms with van der Waals surface area (Å²) in [4.78, 5) is 28.1. The third-order valence-corrected chi connectivity index (χ3v) is 5.97. The summed E-state index contributed by atoms with van der Waals surface area (Å²) in [6.07, 6.45) is -0.319. The molecule has 0 saturated carbocycles. The van der Waals surface area contributed by atoms with Gasteiger partial charge in [-0.25, -0.2) is 0 Å². The van der Waals surface area contributed by atoms with Crippen LogP contribution in [0.3, 0.4) is 0 Å². The molecule has 1 heterocycles. The standard InChI is InChI=1S/C27H27NO4/c1-4-32-22-13-11-20(12-14-22)25(29)16-27(31)23-7-5-6-8-24(23)28(26(27)30)17-21-10-9-18(2)15-19(21)3/h5-15,31H,4,16-17H2,1-3H3/t27-/m0/s1. The van der Waals surface area contributed by atoms with Crippen LogP contribution in [0.25, 0.3) is 0 Å². The molecule has 0 unspecified atom stereocenters. The predicted octanol–water partition coefficient (Wildman–Crippen LogP) is 4.71. The van der Waals surface area contributed by atoms with Crippen LogP contribution >= 0.6 is 0 Å². The first-order valence-electron chi connectivity index (χ1n) is 10.8. The lowest BCUT2D eigenvalue weighted by Gasteiger charge is -2.23. The number of Topliss-reactive ketones (excluding diaryl/α,β-unsaturated/α-hetero) is 1. The number of nitrogens with zero attached hydrogens (tertiary/aromatic N) is 1. The molecule has 5 nitrogen and oxygen atoms in total. The van der Waals surface area contributed by atoms with Gasteiger partial charge in [-0.3, -0.25) is 9.59 Å². The van der Waals surface area contributed by atoms with E-state index in [2.05, 4.69) is 6.07 Å². The number of amides is 1. The van der Waals surface area contributed by atoms with Gasteiger partial charge in [-0.15, -0.1) is 0 Å². The van der Waals surface area contributed by atoms with Gasteiger partial charge in [0.1, 0.15) is 5.75 Å². The fourth-order valence-electron chi connectivity index (χ4n) is 4.27. The molecule has 0 spiro atoms. The first-order chi connectivity index (χ1) is 15.3. The molecule has 0 radical (unpaired) electrons. The van der Waals surface area contributed by atoms with Crippen molar-refractivity contribution in [2.24, 2.45) is 0 Å². The minimum absolute atomic E-state index is 0.299. The maximum Gasteiger partial charge on any atom is 0.264 e. The van der Waals surface area contributed by atoms with Crippen LogP contribution in [0.4, 0.5) is 5.69 Å². The number of carbonyl (C=O) groups excluding carboxylic acids is 2. The monoisotopic (exact) mass is 429 g/mol. The molecule has 3 aromatic carbocycles. The van der Waals surface area contributed by atoms with E-state index in [1.165, 1.54) is 0 Å². The lowest BCUT2D eigenvalue weighted by atomic mass is 9.88. The largest absolute Gasteiger partial charge is 0.494 e. The van der Waals surface area contributed by atoms with Crippen LogP contribution in [0.1, 0.15) is 46.0 Å². The molecule has 1 amide bonds. The van der Waals surface area contributed by atoms with Gasteiger partial charge in [-0.2, -0.15) is 0 Å². The summed E-state index contributed by atoms with van der Waals surface area (Å²) >= 11 is 0. The number of carbonyl (C=O) groups is 2. The molecule has 3 aromatic rings. The van der Waals surface area contributed by atoms with Crippen LogP contribution in [0.15, 0.2) is 66.7 Å². The van der Waals surface area contributed by atoms with Gasteiger partial charge >= 0.3 is 0 Å². The maximum absolute atomic E-state index is 13.5. The fourth-order valence-corrected chi connectivity index (χ4v) is 4.27. The number of aryl methyl sites for hydroxylation is 2. The van der Waals surface area contributed by atoms with E-state index in [4.69, 9.17) is 4.74 Å². The van der Waals surface area contributed by atoms with Gasteiger partial charge in [0.15, 0.2) is 11.4 Å². The Morgan fingerprint density at radius 2 is 1.75 bits per heavy atom. The number of ether oxygens (including phenoxy) is 1. The van der Waals surface area contributed by atoms with Gasteiger partial charge in [0.05, 0.1) is 25.3 Å². The van der Waals surface area contributed by atoms with Crippen molar-refractivity contribution in [1.29, 1.82) is 0 Å². The number of ketones is 1. The molecule has 0 saturated heterocycles. The van der Waals surface area contributed by atoms with Crippen molar-refractivity contribution in [2.45, 2.75) is 39.3 Å². The van der Waals surface area contributed by atoms with Crippen molar-refractivity contribution >= 4 is 17.4 Å². The van der Waals surface area contributed by atoms with Gasteiger partial charge in [0, 0.05) is 11.1 Å². The van der Waals surface area contributed by atoms with Crippen LogP contribution < -0.4 is 9.64 Å². The minimum atomic E-state index is -1.90. The third kappa shape index (κ3) is 3.92. The van der Waals surface area contributed by atoms with E-state index in [1.54, 1.807) is 41.3 Å². The molecule has 1 aliphatic heterocycles. The Labute approximate surface area is 188 Å². The Morgan fingerprint density at radius 3 is 2.44 bits per heavy atom. The normalized spacial score (nSPS) is 17.4. The van der Waals surface area contributed by atoms with Crippen LogP contribution in [-0.4, -0.2) is 23.4 Å². The third-order valence-electron chi connectivity index (χ3n) is 5.97. The molecule has 0 fully saturated rings. The van der Waals surface area contributed by atoms with E-state index in [0.29, 0.717) is 35.7 Å². The van der Waals surface area contributed by atoms with E-state index >= 15 is 0 Å². The number of para-hydroxylation sites is 1. The number of anilines is 1. The quantitative estimate of drug-likeness (QED) is 0.553. The zero-order valence-electron chi connectivity index (χ0n) is 18.6. The van der Waals surface area contributed by atoms with Crippen LogP contribution in [0.2, 0.25) is 0 Å². The second kappa shape index (κ2) is 8.60. The smallest absolute Gasteiger partial charge is 0.264 e. The number of rotatable bonds is 7. The van der Waals surface area contributed by atoms with E-state index in [0.717, 1.165) is 16.7 Å². The van der Waals surface area contributed by atoms with Crippen molar-refractivity contribution < 1.29 is 19.4 Å². The van der Waals surface area contributed by atoms with Gasteiger partial charge in [-0.1, -0.05) is 42.0 Å². The average Bonchev–Trinajstić information content (AvgIpc) is 2.98. The lowest BCUT2D eigenvalue weighted by molar-refractivity contribution is -0.136. The van der Waals surface area contributed by atoms with E-state index < -0.39 is 11.5 Å². The second-order valence-electron chi connectivity index (χ2n) is 8.26. The highest BCUT2D eigenvalue weighted by molar-refractivity contribution is 6.10. The molecular weight excluding hydrogens is 402 g/mol. The van der Waals surface area contributed by atoms with Crippen LogP contribution in [0, 0.1) is 13.8 Å². The molecular formula is C27H27NO4. The summed E-state index contributed by atoms with van der Waals surface area (Å²) in [6, 6.07) is 20.0. The Kier molecular flexibility index (Phi) is 5.85. The van der Waals surface area contributed by atoms with Crippen molar-refractivity contribution in [3.05, 3.63) is 94.5 Å². The Morgan fingerprint density at radius 1 is 1.03 bits per heavy atom. The molecule has 164 valence electrons. The molecule has 4 rings (SSSR count). The predicted molar refractivity (Wildman–Crippen MR) is 124 cm³/mol. The molecule has 0 aliphatic carbocycles. The summed E-state index contributed by atoms with van der Waals surface area (Å²) in [5, 5.41) is 11.5. The van der Waals surface area contributed by atoms with E-state index in [1.807, 2.05) is 45.0 Å². The van der Waals surface area contributed by atoms with Crippen molar-refractivity contribution in [1.82, 2.24) is 0 Å². The van der Waals surface area contributed by atoms with E-state index in [-0.39, 0.29) is 12.2 Å². The minimum Gasteiger partial charge on any atom is -0.494 e. The average molecular weight is 430 g/mol. The summed E-state index contributed by atoms with van der Waals surface area (Å²) in [6.45, 7) is 6.80. The highest BCUT2D eigenvalue weighted by Gasteiger charge is 2.50. The topological polar surface area (TPSA) is 66.8 Å². The first-order valence-corrected chi connectivity index (χ1v) is 10.8. The summed E-state index contributed by atoms with van der Waals surface area (Å²) in [5.41, 5.74) is 2.87. The summed E-state index contributed by atoms with van der Waals surface area (Å²) in [5.74, 6) is -0.102. The lowest BCUT2D eigenvalue weighted by Crippen LogP contribution is -2.41. The highest BCUT2D eigenvalue weighted by atomic mass is 16.5. The zero-order chi connectivity index (χ0) is 22.9. The van der Waals surface area contributed by atoms with Gasteiger partial charge < -0.3 is 14.7 Å². The molecule has 5 heteroatoms.